The Balaban J connectivity index is 1.58. The van der Waals surface area contributed by atoms with Crippen LogP contribution in [0.1, 0.15) is 57.8 Å². The van der Waals surface area contributed by atoms with Crippen molar-refractivity contribution in [2.75, 3.05) is 40.3 Å². The van der Waals surface area contributed by atoms with Crippen LogP contribution in [0.5, 0.6) is 0 Å². The van der Waals surface area contributed by atoms with E-state index in [-0.39, 0.29) is 0 Å². The molecule has 3 aliphatic rings. The van der Waals surface area contributed by atoms with Crippen LogP contribution in [-0.4, -0.2) is 55.6 Å². The average Bonchev–Trinajstić information content (AvgIpc) is 3.10. The van der Waals surface area contributed by atoms with E-state index in [1.54, 1.807) is 0 Å². The molecule has 0 amide bonds. The Hall–Kier alpha value is -0.120. The van der Waals surface area contributed by atoms with E-state index >= 15 is 0 Å². The van der Waals surface area contributed by atoms with Crippen LogP contribution in [-0.2, 0) is 0 Å². The highest BCUT2D eigenvalue weighted by Gasteiger charge is 2.45. The third kappa shape index (κ3) is 3.16. The molecule has 1 unspecified atom stereocenters. The Labute approximate surface area is 131 Å². The van der Waals surface area contributed by atoms with Crippen molar-refractivity contribution < 1.29 is 0 Å². The Kier molecular flexibility index (Phi) is 4.63. The van der Waals surface area contributed by atoms with Gasteiger partial charge in [-0.25, -0.2) is 0 Å². The van der Waals surface area contributed by atoms with E-state index in [1.807, 2.05) is 0 Å². The molecule has 0 aromatic rings. The van der Waals surface area contributed by atoms with Gasteiger partial charge in [0, 0.05) is 25.2 Å². The van der Waals surface area contributed by atoms with E-state index < -0.39 is 0 Å². The number of nitrogens with zero attached hydrogens (tertiary/aromatic N) is 2. The molecule has 2 saturated carbocycles. The van der Waals surface area contributed by atoms with Crippen LogP contribution in [0.25, 0.3) is 0 Å². The first-order valence-corrected chi connectivity index (χ1v) is 9.17. The molecule has 0 radical (unpaired) electrons. The van der Waals surface area contributed by atoms with E-state index in [0.717, 1.165) is 12.5 Å². The normalized spacial score (nSPS) is 32.3. The molecule has 1 heterocycles. The van der Waals surface area contributed by atoms with Gasteiger partial charge in [0.25, 0.3) is 0 Å². The van der Waals surface area contributed by atoms with Gasteiger partial charge in [0.05, 0.1) is 0 Å². The highest BCUT2D eigenvalue weighted by Crippen LogP contribution is 2.52. The van der Waals surface area contributed by atoms with E-state index in [4.69, 9.17) is 5.73 Å². The second-order valence-corrected chi connectivity index (χ2v) is 8.43. The van der Waals surface area contributed by atoms with Crippen molar-refractivity contribution in [3.8, 4) is 0 Å². The number of hydrogen-bond donors (Lipinski definition) is 1. The van der Waals surface area contributed by atoms with Crippen LogP contribution in [0.2, 0.25) is 0 Å². The molecule has 21 heavy (non-hydrogen) atoms. The lowest BCUT2D eigenvalue weighted by molar-refractivity contribution is 0.0225. The molecule has 0 aromatic carbocycles. The Morgan fingerprint density at radius 3 is 2.29 bits per heavy atom. The molecule has 3 rings (SSSR count). The number of hydrogen-bond acceptors (Lipinski definition) is 3. The lowest BCUT2D eigenvalue weighted by Gasteiger charge is -2.50. The van der Waals surface area contributed by atoms with Crippen LogP contribution in [0.4, 0.5) is 0 Å². The molecule has 3 heteroatoms. The first kappa shape index (κ1) is 15.8. The maximum Gasteiger partial charge on any atom is 0.0329 e. The summed E-state index contributed by atoms with van der Waals surface area (Å²) in [5.74, 6) is 0.853. The Bertz CT molecular complexity index is 338. The van der Waals surface area contributed by atoms with Gasteiger partial charge >= 0.3 is 0 Å². The van der Waals surface area contributed by atoms with Crippen LogP contribution in [0.15, 0.2) is 0 Å². The van der Waals surface area contributed by atoms with Gasteiger partial charge in [-0.05, 0) is 76.9 Å². The van der Waals surface area contributed by atoms with E-state index in [2.05, 4.69) is 23.9 Å². The van der Waals surface area contributed by atoms with Crippen molar-refractivity contribution in [2.45, 2.75) is 63.3 Å². The molecule has 0 aromatic heterocycles. The summed E-state index contributed by atoms with van der Waals surface area (Å²) in [5.41, 5.74) is 7.29. The molecular formula is C18H35N3. The number of rotatable bonds is 4. The highest BCUT2D eigenvalue weighted by molar-refractivity contribution is 5.01. The number of likely N-dealkylation sites (N-methyl/N-ethyl adjacent to an activating group) is 1. The number of likely N-dealkylation sites (tertiary alicyclic amines) is 1. The SMILES string of the molecule is CN1CCC(CN(C)C2(CN)CCC3(CCCC3)CC2)C1. The van der Waals surface area contributed by atoms with Crippen LogP contribution >= 0.6 is 0 Å². The summed E-state index contributed by atoms with van der Waals surface area (Å²) in [6.45, 7) is 4.64. The van der Waals surface area contributed by atoms with Crippen LogP contribution in [0.3, 0.4) is 0 Å². The standard InChI is InChI=1S/C18H35N3/c1-20-12-5-16(13-20)14-21(2)18(15-19)10-8-17(9-11-18)6-3-4-7-17/h16H,3-15,19H2,1-2H3. The summed E-state index contributed by atoms with van der Waals surface area (Å²) >= 11 is 0. The summed E-state index contributed by atoms with van der Waals surface area (Å²) in [6.07, 6.45) is 12.8. The summed E-state index contributed by atoms with van der Waals surface area (Å²) in [6, 6.07) is 0. The smallest absolute Gasteiger partial charge is 0.0329 e. The second kappa shape index (κ2) is 6.17. The maximum absolute atomic E-state index is 6.28. The predicted molar refractivity (Wildman–Crippen MR) is 89.4 cm³/mol. The molecule has 1 spiro atoms. The quantitative estimate of drug-likeness (QED) is 0.865. The van der Waals surface area contributed by atoms with Crippen molar-refractivity contribution in [2.24, 2.45) is 17.1 Å². The van der Waals surface area contributed by atoms with E-state index in [1.165, 1.54) is 77.4 Å². The van der Waals surface area contributed by atoms with E-state index in [0.29, 0.717) is 11.0 Å². The zero-order chi connectivity index (χ0) is 14.9. The fourth-order valence-corrected chi connectivity index (χ4v) is 5.37. The fourth-order valence-electron chi connectivity index (χ4n) is 5.37. The second-order valence-electron chi connectivity index (χ2n) is 8.43. The Morgan fingerprint density at radius 2 is 1.76 bits per heavy atom. The number of nitrogens with two attached hydrogens (primary N) is 1. The maximum atomic E-state index is 6.28. The average molecular weight is 293 g/mol. The zero-order valence-corrected chi connectivity index (χ0v) is 14.2. The van der Waals surface area contributed by atoms with Gasteiger partial charge in [-0.3, -0.25) is 4.90 Å². The van der Waals surface area contributed by atoms with Crippen molar-refractivity contribution in [3.63, 3.8) is 0 Å². The van der Waals surface area contributed by atoms with E-state index in [9.17, 15) is 0 Å². The summed E-state index contributed by atoms with van der Waals surface area (Å²) in [7, 11) is 4.60. The molecule has 122 valence electrons. The monoisotopic (exact) mass is 293 g/mol. The van der Waals surface area contributed by atoms with Gasteiger partial charge < -0.3 is 10.6 Å². The molecule has 2 N–H and O–H groups in total. The summed E-state index contributed by atoms with van der Waals surface area (Å²) < 4.78 is 0. The molecule has 0 bridgehead atoms. The first-order valence-electron chi connectivity index (χ1n) is 9.17. The first-order chi connectivity index (χ1) is 10.1. The largest absolute Gasteiger partial charge is 0.329 e. The minimum Gasteiger partial charge on any atom is -0.329 e. The van der Waals surface area contributed by atoms with Crippen molar-refractivity contribution in [3.05, 3.63) is 0 Å². The lowest BCUT2D eigenvalue weighted by atomic mass is 9.66. The molecule has 1 saturated heterocycles. The van der Waals surface area contributed by atoms with Gasteiger partial charge in [0.1, 0.15) is 0 Å². The lowest BCUT2D eigenvalue weighted by Crippen LogP contribution is -2.56. The van der Waals surface area contributed by atoms with Crippen molar-refractivity contribution in [1.29, 1.82) is 0 Å². The van der Waals surface area contributed by atoms with Crippen molar-refractivity contribution >= 4 is 0 Å². The van der Waals surface area contributed by atoms with Gasteiger partial charge in [0.15, 0.2) is 0 Å². The molecule has 3 nitrogen and oxygen atoms in total. The molecule has 2 aliphatic carbocycles. The summed E-state index contributed by atoms with van der Waals surface area (Å²) in [5, 5.41) is 0. The van der Waals surface area contributed by atoms with Crippen LogP contribution in [0, 0.1) is 11.3 Å². The zero-order valence-electron chi connectivity index (χ0n) is 14.2. The fraction of sp³-hybridized carbons (Fsp3) is 1.00. The third-order valence-electron chi connectivity index (χ3n) is 7.12. The van der Waals surface area contributed by atoms with Gasteiger partial charge in [-0.2, -0.15) is 0 Å². The minimum absolute atomic E-state index is 0.301. The predicted octanol–water partition coefficient (Wildman–Crippen LogP) is 2.70. The van der Waals surface area contributed by atoms with Crippen LogP contribution < -0.4 is 5.73 Å². The van der Waals surface area contributed by atoms with Crippen molar-refractivity contribution in [1.82, 2.24) is 9.80 Å². The van der Waals surface area contributed by atoms with Gasteiger partial charge in [-0.15, -0.1) is 0 Å². The Morgan fingerprint density at radius 1 is 1.10 bits per heavy atom. The molecular weight excluding hydrogens is 258 g/mol. The molecule has 1 atom stereocenters. The minimum atomic E-state index is 0.301. The third-order valence-corrected chi connectivity index (χ3v) is 7.12. The summed E-state index contributed by atoms with van der Waals surface area (Å²) in [4.78, 5) is 5.13. The topological polar surface area (TPSA) is 32.5 Å². The van der Waals surface area contributed by atoms with Gasteiger partial charge in [0.2, 0.25) is 0 Å². The molecule has 3 fully saturated rings. The van der Waals surface area contributed by atoms with Gasteiger partial charge in [-0.1, -0.05) is 12.8 Å². The highest BCUT2D eigenvalue weighted by atomic mass is 15.2. The molecule has 1 aliphatic heterocycles.